The van der Waals surface area contributed by atoms with E-state index in [0.717, 1.165) is 12.0 Å². The number of carbonyl (C=O) groups is 1. The Morgan fingerprint density at radius 3 is 2.74 bits per heavy atom. The zero-order valence-electron chi connectivity index (χ0n) is 13.0. The van der Waals surface area contributed by atoms with E-state index < -0.39 is 5.97 Å². The highest BCUT2D eigenvalue weighted by atomic mass is 35.5. The number of carboxylic acids is 1. The summed E-state index contributed by atoms with van der Waals surface area (Å²) in [4.78, 5) is 11.0. The second kappa shape index (κ2) is 8.56. The first-order valence-electron chi connectivity index (χ1n) is 7.54. The van der Waals surface area contributed by atoms with Gasteiger partial charge in [-0.2, -0.15) is 0 Å². The summed E-state index contributed by atoms with van der Waals surface area (Å²) in [6.07, 6.45) is 0.838. The van der Waals surface area contributed by atoms with Gasteiger partial charge in [0.25, 0.3) is 0 Å². The Balaban J connectivity index is 1.87. The summed E-state index contributed by atoms with van der Waals surface area (Å²) < 4.78 is 5.91. The van der Waals surface area contributed by atoms with E-state index in [0.29, 0.717) is 29.4 Å². The van der Waals surface area contributed by atoms with Gasteiger partial charge in [-0.1, -0.05) is 42.8 Å². The molecular weight excluding hydrogens is 314 g/mol. The average Bonchev–Trinajstić information content (AvgIpc) is 2.56. The molecule has 23 heavy (non-hydrogen) atoms. The van der Waals surface area contributed by atoms with E-state index in [2.05, 4.69) is 5.32 Å². The van der Waals surface area contributed by atoms with Gasteiger partial charge >= 0.3 is 5.97 Å². The third-order valence-electron chi connectivity index (χ3n) is 3.46. The topological polar surface area (TPSA) is 58.6 Å². The zero-order chi connectivity index (χ0) is 16.7. The molecule has 1 atom stereocenters. The van der Waals surface area contributed by atoms with E-state index >= 15 is 0 Å². The molecule has 2 N–H and O–H groups in total. The average molecular weight is 334 g/mol. The van der Waals surface area contributed by atoms with E-state index in [1.54, 1.807) is 24.3 Å². The maximum Gasteiger partial charge on any atom is 0.335 e. The van der Waals surface area contributed by atoms with Crippen molar-refractivity contribution < 1.29 is 14.6 Å². The molecule has 0 aromatic heterocycles. The van der Waals surface area contributed by atoms with Gasteiger partial charge in [-0.25, -0.2) is 4.79 Å². The van der Waals surface area contributed by atoms with Crippen LogP contribution in [0, 0.1) is 0 Å². The first-order chi connectivity index (χ1) is 11.1. The largest absolute Gasteiger partial charge is 0.488 e. The number of carboxylic acid groups (broad SMARTS) is 1. The maximum absolute atomic E-state index is 11.0. The molecule has 0 saturated heterocycles. The smallest absolute Gasteiger partial charge is 0.335 e. The van der Waals surface area contributed by atoms with Crippen LogP contribution in [-0.4, -0.2) is 23.7 Å². The lowest BCUT2D eigenvalue weighted by Crippen LogP contribution is -2.30. The molecule has 0 heterocycles. The molecule has 0 aliphatic rings. The van der Waals surface area contributed by atoms with Crippen LogP contribution in [0.15, 0.2) is 48.5 Å². The van der Waals surface area contributed by atoms with Crippen LogP contribution in [-0.2, 0) is 6.54 Å². The number of halogens is 1. The van der Waals surface area contributed by atoms with E-state index in [1.165, 1.54) is 0 Å². The van der Waals surface area contributed by atoms with Crippen LogP contribution in [0.2, 0.25) is 5.02 Å². The predicted octanol–water partition coefficient (Wildman–Crippen LogP) is 3.99. The van der Waals surface area contributed by atoms with E-state index in [9.17, 15) is 4.79 Å². The molecule has 4 nitrogen and oxygen atoms in total. The predicted molar refractivity (Wildman–Crippen MR) is 91.3 cm³/mol. The SMILES string of the molecule is CCC(CNCc1cccc(C(=O)O)c1)Oc1ccccc1Cl. The van der Waals surface area contributed by atoms with Crippen molar-refractivity contribution in [2.24, 2.45) is 0 Å². The van der Waals surface area contributed by atoms with Crippen molar-refractivity contribution in [3.05, 3.63) is 64.7 Å². The van der Waals surface area contributed by atoms with Gasteiger partial charge < -0.3 is 15.2 Å². The summed E-state index contributed by atoms with van der Waals surface area (Å²) in [6.45, 7) is 3.29. The number of ether oxygens (including phenoxy) is 1. The summed E-state index contributed by atoms with van der Waals surface area (Å²) in [6, 6.07) is 14.3. The molecule has 0 radical (unpaired) electrons. The molecule has 2 rings (SSSR count). The molecule has 0 saturated carbocycles. The van der Waals surface area contributed by atoms with Crippen molar-refractivity contribution in [3.63, 3.8) is 0 Å². The minimum Gasteiger partial charge on any atom is -0.488 e. The molecule has 0 fully saturated rings. The third kappa shape index (κ3) is 5.27. The van der Waals surface area contributed by atoms with Gasteiger partial charge in [0.2, 0.25) is 0 Å². The Kier molecular flexibility index (Phi) is 6.44. The third-order valence-corrected chi connectivity index (χ3v) is 3.77. The molecule has 0 spiro atoms. The van der Waals surface area contributed by atoms with Gasteiger partial charge in [-0.05, 0) is 36.2 Å². The van der Waals surface area contributed by atoms with Crippen LogP contribution in [0.3, 0.4) is 0 Å². The molecule has 1 unspecified atom stereocenters. The fourth-order valence-electron chi connectivity index (χ4n) is 2.18. The maximum atomic E-state index is 11.0. The molecule has 0 aliphatic heterocycles. The number of hydrogen-bond acceptors (Lipinski definition) is 3. The normalized spacial score (nSPS) is 11.9. The van der Waals surface area contributed by atoms with Gasteiger partial charge in [-0.15, -0.1) is 0 Å². The zero-order valence-corrected chi connectivity index (χ0v) is 13.7. The van der Waals surface area contributed by atoms with Crippen LogP contribution in [0.25, 0.3) is 0 Å². The Hall–Kier alpha value is -2.04. The van der Waals surface area contributed by atoms with Gasteiger partial charge in [0.05, 0.1) is 10.6 Å². The van der Waals surface area contributed by atoms with Crippen molar-refractivity contribution in [1.29, 1.82) is 0 Å². The summed E-state index contributed by atoms with van der Waals surface area (Å²) in [5.74, 6) is -0.240. The fourth-order valence-corrected chi connectivity index (χ4v) is 2.36. The lowest BCUT2D eigenvalue weighted by atomic mass is 10.1. The Bertz CT molecular complexity index is 660. The number of benzene rings is 2. The first kappa shape index (κ1) is 17.3. The summed E-state index contributed by atoms with van der Waals surface area (Å²) >= 11 is 6.10. The van der Waals surface area contributed by atoms with Gasteiger partial charge in [0.1, 0.15) is 11.9 Å². The second-order valence-corrected chi connectivity index (χ2v) is 5.62. The number of para-hydroxylation sites is 1. The Labute approximate surface area is 141 Å². The van der Waals surface area contributed by atoms with Gasteiger partial charge in [0.15, 0.2) is 0 Å². The number of rotatable bonds is 8. The fraction of sp³-hybridized carbons (Fsp3) is 0.278. The van der Waals surface area contributed by atoms with Crippen LogP contribution in [0.5, 0.6) is 5.75 Å². The standard InChI is InChI=1S/C18H20ClNO3/c1-2-15(23-17-9-4-3-8-16(17)19)12-20-11-13-6-5-7-14(10-13)18(21)22/h3-10,15,20H,2,11-12H2,1H3,(H,21,22). The molecular formula is C18H20ClNO3. The molecule has 2 aromatic carbocycles. The van der Waals surface area contributed by atoms with Crippen molar-refractivity contribution >= 4 is 17.6 Å². The highest BCUT2D eigenvalue weighted by Crippen LogP contribution is 2.24. The van der Waals surface area contributed by atoms with Crippen molar-refractivity contribution in [1.82, 2.24) is 5.32 Å². The van der Waals surface area contributed by atoms with Gasteiger partial charge in [0, 0.05) is 13.1 Å². The second-order valence-electron chi connectivity index (χ2n) is 5.21. The molecule has 5 heteroatoms. The van der Waals surface area contributed by atoms with E-state index in [4.69, 9.17) is 21.4 Å². The number of nitrogens with one attached hydrogen (secondary N) is 1. The van der Waals surface area contributed by atoms with Crippen LogP contribution >= 0.6 is 11.6 Å². The lowest BCUT2D eigenvalue weighted by Gasteiger charge is -2.19. The molecule has 0 amide bonds. The quantitative estimate of drug-likeness (QED) is 0.767. The minimum absolute atomic E-state index is 0.00226. The highest BCUT2D eigenvalue weighted by Gasteiger charge is 2.10. The van der Waals surface area contributed by atoms with Gasteiger partial charge in [-0.3, -0.25) is 0 Å². The summed E-state index contributed by atoms with van der Waals surface area (Å²) in [7, 11) is 0. The monoisotopic (exact) mass is 333 g/mol. The van der Waals surface area contributed by atoms with Crippen molar-refractivity contribution in [2.75, 3.05) is 6.54 Å². The molecule has 2 aromatic rings. The van der Waals surface area contributed by atoms with Crippen molar-refractivity contribution in [2.45, 2.75) is 26.0 Å². The van der Waals surface area contributed by atoms with Crippen LogP contribution in [0.1, 0.15) is 29.3 Å². The van der Waals surface area contributed by atoms with Crippen LogP contribution in [0.4, 0.5) is 0 Å². The lowest BCUT2D eigenvalue weighted by molar-refractivity contribution is 0.0696. The summed E-state index contributed by atoms with van der Waals surface area (Å²) in [5.41, 5.74) is 1.22. The van der Waals surface area contributed by atoms with Crippen LogP contribution < -0.4 is 10.1 Å². The Morgan fingerprint density at radius 1 is 1.26 bits per heavy atom. The van der Waals surface area contributed by atoms with Crippen molar-refractivity contribution in [3.8, 4) is 5.75 Å². The first-order valence-corrected chi connectivity index (χ1v) is 7.92. The molecule has 0 aliphatic carbocycles. The number of aromatic carboxylic acids is 1. The Morgan fingerprint density at radius 2 is 2.04 bits per heavy atom. The molecule has 122 valence electrons. The number of hydrogen-bond donors (Lipinski definition) is 2. The highest BCUT2D eigenvalue weighted by molar-refractivity contribution is 6.32. The van der Waals surface area contributed by atoms with E-state index in [1.807, 2.05) is 31.2 Å². The minimum atomic E-state index is -0.916. The molecule has 0 bridgehead atoms. The summed E-state index contributed by atoms with van der Waals surface area (Å²) in [5, 5.41) is 12.9. The van der Waals surface area contributed by atoms with E-state index in [-0.39, 0.29) is 6.10 Å².